The van der Waals surface area contributed by atoms with Crippen molar-refractivity contribution >= 4 is 21.7 Å². The maximum atomic E-state index is 11.9. The lowest BCUT2D eigenvalue weighted by Gasteiger charge is -2.05. The Morgan fingerprint density at radius 1 is 1.11 bits per heavy atom. The number of hydrogen-bond acceptors (Lipinski definition) is 4. The summed E-state index contributed by atoms with van der Waals surface area (Å²) in [6, 6.07) is 6.68. The van der Waals surface area contributed by atoms with Crippen molar-refractivity contribution in [1.82, 2.24) is 4.73 Å². The van der Waals surface area contributed by atoms with Crippen molar-refractivity contribution in [2.75, 3.05) is 0 Å². The summed E-state index contributed by atoms with van der Waals surface area (Å²) in [6.45, 7) is 0. The van der Waals surface area contributed by atoms with E-state index in [0.29, 0.717) is 27.4 Å². The summed E-state index contributed by atoms with van der Waals surface area (Å²) >= 11 is 0. The standard InChI is InChI=1S/C13H7NO4/c15-10-7-3-4-8-6(2-1-5-14(8)17)9(7)12-13(18-12)11(10)16/h1-5,16-17H. The Hall–Kier alpha value is -2.69. The van der Waals surface area contributed by atoms with Crippen molar-refractivity contribution in [3.05, 3.63) is 40.7 Å². The van der Waals surface area contributed by atoms with Crippen LogP contribution in [0.5, 0.6) is 17.2 Å². The summed E-state index contributed by atoms with van der Waals surface area (Å²) in [7, 11) is 0. The summed E-state index contributed by atoms with van der Waals surface area (Å²) in [5, 5.41) is 21.0. The topological polar surface area (TPSA) is 75.0 Å². The number of aromatic hydroxyl groups is 1. The van der Waals surface area contributed by atoms with Crippen LogP contribution < -0.4 is 10.2 Å². The van der Waals surface area contributed by atoms with Gasteiger partial charge in [-0.2, -0.15) is 4.73 Å². The molecule has 0 spiro atoms. The van der Waals surface area contributed by atoms with Crippen LogP contribution in [0.3, 0.4) is 0 Å². The fourth-order valence-electron chi connectivity index (χ4n) is 2.34. The first-order chi connectivity index (χ1) is 8.68. The van der Waals surface area contributed by atoms with Gasteiger partial charge in [0.15, 0.2) is 5.75 Å². The minimum atomic E-state index is -0.448. The first-order valence-electron chi connectivity index (χ1n) is 5.38. The molecule has 0 saturated heterocycles. The lowest BCUT2D eigenvalue weighted by atomic mass is 10.0. The number of ether oxygens (including phenoxy) is 1. The van der Waals surface area contributed by atoms with Crippen molar-refractivity contribution in [3.63, 3.8) is 0 Å². The molecule has 0 unspecified atom stereocenters. The van der Waals surface area contributed by atoms with Gasteiger partial charge in [-0.1, -0.05) is 6.07 Å². The van der Waals surface area contributed by atoms with Crippen molar-refractivity contribution in [2.24, 2.45) is 0 Å². The van der Waals surface area contributed by atoms with Gasteiger partial charge in [-0.3, -0.25) is 4.79 Å². The molecule has 2 N–H and O–H groups in total. The number of nitrogens with zero attached hydrogens (tertiary/aromatic N) is 1. The van der Waals surface area contributed by atoms with Gasteiger partial charge in [-0.25, -0.2) is 0 Å². The fourth-order valence-corrected chi connectivity index (χ4v) is 2.34. The van der Waals surface area contributed by atoms with Gasteiger partial charge in [-0.15, -0.1) is 0 Å². The molecule has 1 aromatic heterocycles. The lowest BCUT2D eigenvalue weighted by molar-refractivity contribution is 0.198. The van der Waals surface area contributed by atoms with Crippen LogP contribution in [0.4, 0.5) is 0 Å². The van der Waals surface area contributed by atoms with E-state index >= 15 is 0 Å². The van der Waals surface area contributed by atoms with Crippen molar-refractivity contribution in [3.8, 4) is 17.2 Å². The predicted octanol–water partition coefficient (Wildman–Crippen LogP) is 2.20. The zero-order valence-electron chi connectivity index (χ0n) is 9.04. The zero-order chi connectivity index (χ0) is 12.4. The summed E-state index contributed by atoms with van der Waals surface area (Å²) in [5.74, 6) is 0.414. The SMILES string of the molecule is O=c1c(O)c2c(c3c1ccc1c3cccn1O)O2. The highest BCUT2D eigenvalue weighted by molar-refractivity contribution is 6.13. The van der Waals surface area contributed by atoms with Gasteiger partial charge in [0.1, 0.15) is 0 Å². The summed E-state index contributed by atoms with van der Waals surface area (Å²) < 4.78 is 6.16. The molecule has 0 saturated carbocycles. The van der Waals surface area contributed by atoms with E-state index in [1.54, 1.807) is 24.3 Å². The Bertz CT molecular complexity index is 895. The van der Waals surface area contributed by atoms with E-state index in [9.17, 15) is 15.1 Å². The Morgan fingerprint density at radius 2 is 1.94 bits per heavy atom. The van der Waals surface area contributed by atoms with Crippen LogP contribution in [0.15, 0.2) is 35.3 Å². The zero-order valence-corrected chi connectivity index (χ0v) is 9.04. The van der Waals surface area contributed by atoms with E-state index in [4.69, 9.17) is 4.74 Å². The summed E-state index contributed by atoms with van der Waals surface area (Å²) in [5.41, 5.74) is 0.129. The molecule has 0 aliphatic carbocycles. The largest absolute Gasteiger partial charge is 0.501 e. The van der Waals surface area contributed by atoms with Crippen LogP contribution in [-0.4, -0.2) is 15.0 Å². The Morgan fingerprint density at radius 3 is 2.78 bits per heavy atom. The molecular weight excluding hydrogens is 234 g/mol. The second kappa shape index (κ2) is 2.76. The van der Waals surface area contributed by atoms with Gasteiger partial charge in [-0.05, 0) is 18.2 Å². The smallest absolute Gasteiger partial charge is 0.232 e. The van der Waals surface area contributed by atoms with Gasteiger partial charge in [0, 0.05) is 22.4 Å². The van der Waals surface area contributed by atoms with Gasteiger partial charge in [0.25, 0.3) is 0 Å². The lowest BCUT2D eigenvalue weighted by Crippen LogP contribution is -2.00. The minimum absolute atomic E-state index is 0.244. The van der Waals surface area contributed by atoms with E-state index in [1.807, 2.05) is 0 Å². The molecule has 5 nitrogen and oxygen atoms in total. The molecule has 2 heterocycles. The fraction of sp³-hybridized carbons (Fsp3) is 0. The number of phenols is 1. The van der Waals surface area contributed by atoms with Gasteiger partial charge in [0.05, 0.1) is 5.52 Å². The molecule has 0 bridgehead atoms. The first-order valence-corrected chi connectivity index (χ1v) is 5.38. The van der Waals surface area contributed by atoms with Crippen LogP contribution in [-0.2, 0) is 0 Å². The van der Waals surface area contributed by atoms with Gasteiger partial charge >= 0.3 is 0 Å². The molecule has 18 heavy (non-hydrogen) atoms. The Labute approximate surface area is 100 Å². The monoisotopic (exact) mass is 241 g/mol. The number of hydrogen-bond donors (Lipinski definition) is 2. The third-order valence-electron chi connectivity index (χ3n) is 3.23. The second-order valence-electron chi connectivity index (χ2n) is 4.21. The van der Waals surface area contributed by atoms with Crippen LogP contribution in [0, 0.1) is 0 Å². The van der Waals surface area contributed by atoms with Gasteiger partial charge < -0.3 is 15.1 Å². The van der Waals surface area contributed by atoms with Crippen molar-refractivity contribution < 1.29 is 15.1 Å². The number of aromatic nitrogens is 1. The van der Waals surface area contributed by atoms with Crippen LogP contribution in [0.25, 0.3) is 21.7 Å². The number of rotatable bonds is 0. The number of pyridine rings is 1. The van der Waals surface area contributed by atoms with E-state index in [0.717, 1.165) is 4.73 Å². The van der Waals surface area contributed by atoms with Crippen molar-refractivity contribution in [2.45, 2.75) is 0 Å². The molecule has 3 aromatic rings. The molecule has 5 heteroatoms. The van der Waals surface area contributed by atoms with Crippen LogP contribution in [0.2, 0.25) is 0 Å². The van der Waals surface area contributed by atoms with E-state index < -0.39 is 5.43 Å². The molecule has 0 fully saturated rings. The summed E-state index contributed by atoms with van der Waals surface area (Å²) in [6.07, 6.45) is 1.51. The number of fused-ring (bicyclic) bond motifs is 5. The average Bonchev–Trinajstić information content (AvgIpc) is 3.15. The van der Waals surface area contributed by atoms with Gasteiger partial charge in [0.2, 0.25) is 16.9 Å². The van der Waals surface area contributed by atoms with E-state index in [2.05, 4.69) is 0 Å². The highest BCUT2D eigenvalue weighted by Crippen LogP contribution is 2.55. The third-order valence-corrected chi connectivity index (χ3v) is 3.23. The molecule has 4 rings (SSSR count). The quantitative estimate of drug-likeness (QED) is 0.281. The molecule has 0 amide bonds. The third kappa shape index (κ3) is 0.940. The molecular formula is C13H7NO4. The Balaban J connectivity index is 2.36. The number of phenolic OH excluding ortho intramolecular Hbond substituents is 1. The molecule has 1 aliphatic rings. The highest BCUT2D eigenvalue weighted by Gasteiger charge is 2.32. The first kappa shape index (κ1) is 9.35. The predicted molar refractivity (Wildman–Crippen MR) is 64.6 cm³/mol. The van der Waals surface area contributed by atoms with Crippen molar-refractivity contribution in [1.29, 1.82) is 0 Å². The summed E-state index contributed by atoms with van der Waals surface area (Å²) in [4.78, 5) is 11.9. The highest BCUT2D eigenvalue weighted by atomic mass is 16.6. The van der Waals surface area contributed by atoms with Crippen LogP contribution in [0.1, 0.15) is 0 Å². The molecule has 2 aromatic carbocycles. The Kier molecular flexibility index (Phi) is 1.43. The maximum Gasteiger partial charge on any atom is 0.232 e. The minimum Gasteiger partial charge on any atom is -0.501 e. The average molecular weight is 241 g/mol. The maximum absolute atomic E-state index is 11.9. The molecule has 0 atom stereocenters. The van der Waals surface area contributed by atoms with E-state index in [-0.39, 0.29) is 11.5 Å². The second-order valence-corrected chi connectivity index (χ2v) is 4.21. The molecule has 0 radical (unpaired) electrons. The molecule has 88 valence electrons. The van der Waals surface area contributed by atoms with Crippen LogP contribution >= 0.6 is 0 Å². The van der Waals surface area contributed by atoms with E-state index in [1.165, 1.54) is 6.20 Å². The number of benzene rings is 2. The normalized spacial score (nSPS) is 12.4. The molecule has 1 aliphatic heterocycles.